The quantitative estimate of drug-likeness (QED) is 0.110. The molecule has 0 rings (SSSR count). The third-order valence-electron chi connectivity index (χ3n) is 4.60. The summed E-state index contributed by atoms with van der Waals surface area (Å²) in [6.45, 7) is 5.98. The van der Waals surface area contributed by atoms with Crippen LogP contribution in [0, 0.1) is 11.8 Å². The number of aliphatic hydroxyl groups is 1. The van der Waals surface area contributed by atoms with Crippen LogP contribution in [0.2, 0.25) is 0 Å². The van der Waals surface area contributed by atoms with E-state index in [0.29, 0.717) is 6.54 Å². The van der Waals surface area contributed by atoms with Gasteiger partial charge in [0.25, 0.3) is 0 Å². The number of hydrogen-bond acceptors (Lipinski definition) is 5. The van der Waals surface area contributed by atoms with Gasteiger partial charge in [-0.3, -0.25) is 9.59 Å². The molecule has 156 valence electrons. The Morgan fingerprint density at radius 2 is 1.75 bits per heavy atom. The second kappa shape index (κ2) is 16.5. The first-order valence-electron chi connectivity index (χ1n) is 9.51. The molecule has 8 nitrogen and oxygen atoms in total. The van der Waals surface area contributed by atoms with Crippen LogP contribution in [0.3, 0.4) is 0 Å². The van der Waals surface area contributed by atoms with E-state index in [-0.39, 0.29) is 94.6 Å². The average Bonchev–Trinajstić information content (AvgIpc) is 2.58. The summed E-state index contributed by atoms with van der Waals surface area (Å²) in [7, 11) is 0. The van der Waals surface area contributed by atoms with Gasteiger partial charge in [-0.2, -0.15) is 0 Å². The van der Waals surface area contributed by atoms with Gasteiger partial charge in [-0.15, -0.1) is 0 Å². The number of carbonyl (C=O) groups is 3. The Bertz CT molecular complexity index is 491. The number of carboxylic acid groups (broad SMARTS) is 2. The number of nitrogens with zero attached hydrogens (tertiary/aromatic N) is 1. The van der Waals surface area contributed by atoms with E-state index in [1.165, 1.54) is 13.0 Å². The van der Waals surface area contributed by atoms with Gasteiger partial charge in [-0.05, 0) is 19.4 Å². The molecule has 0 saturated carbocycles. The summed E-state index contributed by atoms with van der Waals surface area (Å²) in [5.74, 6) is -3.97. The normalized spacial score (nSPS) is 15.3. The first kappa shape index (κ1) is 29.9. The van der Waals surface area contributed by atoms with Crippen LogP contribution in [-0.4, -0.2) is 71.9 Å². The fourth-order valence-corrected chi connectivity index (χ4v) is 3.07. The van der Waals surface area contributed by atoms with Gasteiger partial charge >= 0.3 is 57.4 Å². The van der Waals surface area contributed by atoms with E-state index in [1.807, 2.05) is 0 Å². The maximum absolute atomic E-state index is 11.9. The molecule has 0 bridgehead atoms. The second-order valence-electron chi connectivity index (χ2n) is 7.17. The average molecular weight is 426 g/mol. The third kappa shape index (κ3) is 13.0. The number of unbranched alkanes of at least 4 members (excludes halogenated alkanes) is 2. The SMILES string of the molecule is CCCC/C=C/C(=O)NCC[N+](CCO)(CC(C)C(=O)[O-])CC(C)C(=O)O.[K+]. The topological polar surface area (TPSA) is 127 Å². The molecule has 3 N–H and O–H groups in total. The fraction of sp³-hybridized carbons (Fsp3) is 0.737. The zero-order chi connectivity index (χ0) is 20.9. The Hall–Kier alpha value is -0.294. The number of quaternary nitrogens is 1. The molecule has 28 heavy (non-hydrogen) atoms. The Morgan fingerprint density at radius 1 is 1.14 bits per heavy atom. The number of aliphatic carboxylic acids is 2. The Labute approximate surface area is 210 Å². The number of amides is 1. The number of hydrogen-bond donors (Lipinski definition) is 3. The van der Waals surface area contributed by atoms with Gasteiger partial charge in [0.05, 0.1) is 32.8 Å². The van der Waals surface area contributed by atoms with E-state index in [2.05, 4.69) is 12.2 Å². The van der Waals surface area contributed by atoms with Gasteiger partial charge in [-0.25, -0.2) is 0 Å². The zero-order valence-electron chi connectivity index (χ0n) is 17.6. The molecule has 3 atom stereocenters. The minimum Gasteiger partial charge on any atom is -0.550 e. The number of aliphatic hydroxyl groups excluding tert-OH is 1. The first-order chi connectivity index (χ1) is 12.7. The second-order valence-corrected chi connectivity index (χ2v) is 7.17. The van der Waals surface area contributed by atoms with Crippen LogP contribution >= 0.6 is 0 Å². The first-order valence-corrected chi connectivity index (χ1v) is 9.51. The molecule has 0 aromatic carbocycles. The van der Waals surface area contributed by atoms with Crippen molar-refractivity contribution < 1.29 is 85.6 Å². The van der Waals surface area contributed by atoms with Crippen LogP contribution in [0.1, 0.15) is 40.0 Å². The zero-order valence-corrected chi connectivity index (χ0v) is 20.8. The van der Waals surface area contributed by atoms with Crippen molar-refractivity contribution in [3.63, 3.8) is 0 Å². The van der Waals surface area contributed by atoms with Crippen molar-refractivity contribution in [2.75, 3.05) is 39.3 Å². The molecule has 0 heterocycles. The number of carbonyl (C=O) groups excluding carboxylic acids is 2. The standard InChI is InChI=1S/C19H34N2O6.K/c1-4-5-6-7-8-17(23)20-9-10-21(11-12-22,13-15(2)18(24)25)14-16(3)19(26)27;/h7-8,15-16,22H,4-6,9-14H2,1-3H3,(H2-,20,23,24,25,26,27);/q;+1/b8-7+;. The molecule has 0 fully saturated rings. The summed E-state index contributed by atoms with van der Waals surface area (Å²) < 4.78 is 0.0823. The van der Waals surface area contributed by atoms with Crippen LogP contribution < -0.4 is 61.8 Å². The van der Waals surface area contributed by atoms with Crippen molar-refractivity contribution >= 4 is 17.8 Å². The summed E-state index contributed by atoms with van der Waals surface area (Å²) in [5.41, 5.74) is 0. The van der Waals surface area contributed by atoms with E-state index in [1.54, 1.807) is 13.0 Å². The molecular formula is C19H34KN2O6+. The smallest absolute Gasteiger partial charge is 0.550 e. The van der Waals surface area contributed by atoms with E-state index in [4.69, 9.17) is 0 Å². The fourth-order valence-electron chi connectivity index (χ4n) is 3.07. The molecule has 0 saturated heterocycles. The predicted octanol–water partition coefficient (Wildman–Crippen LogP) is -3.23. The van der Waals surface area contributed by atoms with Crippen LogP contribution in [0.25, 0.3) is 0 Å². The van der Waals surface area contributed by atoms with Crippen molar-refractivity contribution in [2.24, 2.45) is 11.8 Å². The van der Waals surface area contributed by atoms with E-state index in [9.17, 15) is 29.7 Å². The molecule has 0 aliphatic carbocycles. The van der Waals surface area contributed by atoms with Crippen molar-refractivity contribution in [2.45, 2.75) is 40.0 Å². The van der Waals surface area contributed by atoms with Gasteiger partial charge in [-0.1, -0.05) is 32.8 Å². The summed E-state index contributed by atoms with van der Waals surface area (Å²) >= 11 is 0. The van der Waals surface area contributed by atoms with Gasteiger partial charge < -0.3 is 29.9 Å². The minimum absolute atomic E-state index is 0. The molecule has 0 spiro atoms. The van der Waals surface area contributed by atoms with E-state index in [0.717, 1.165) is 19.3 Å². The molecular weight excluding hydrogens is 391 g/mol. The molecule has 0 aromatic rings. The van der Waals surface area contributed by atoms with Crippen LogP contribution in [0.4, 0.5) is 0 Å². The summed E-state index contributed by atoms with van der Waals surface area (Å²) in [6.07, 6.45) is 6.16. The summed E-state index contributed by atoms with van der Waals surface area (Å²) in [6, 6.07) is 0. The number of allylic oxidation sites excluding steroid dienone is 1. The number of rotatable bonds is 15. The summed E-state index contributed by atoms with van der Waals surface area (Å²) in [5, 5.41) is 32.6. The van der Waals surface area contributed by atoms with E-state index >= 15 is 0 Å². The van der Waals surface area contributed by atoms with Crippen LogP contribution in [0.15, 0.2) is 12.2 Å². The monoisotopic (exact) mass is 425 g/mol. The molecule has 0 radical (unpaired) electrons. The predicted molar refractivity (Wildman–Crippen MR) is 99.5 cm³/mol. The molecule has 9 heteroatoms. The van der Waals surface area contributed by atoms with Gasteiger partial charge in [0.15, 0.2) is 0 Å². The third-order valence-corrected chi connectivity index (χ3v) is 4.60. The van der Waals surface area contributed by atoms with E-state index < -0.39 is 23.8 Å². The Morgan fingerprint density at radius 3 is 2.25 bits per heavy atom. The van der Waals surface area contributed by atoms with Crippen LogP contribution in [-0.2, 0) is 14.4 Å². The maximum atomic E-state index is 11.9. The van der Waals surface area contributed by atoms with Gasteiger partial charge in [0.1, 0.15) is 12.5 Å². The van der Waals surface area contributed by atoms with Crippen molar-refractivity contribution in [1.82, 2.24) is 5.32 Å². The van der Waals surface area contributed by atoms with Crippen molar-refractivity contribution in [3.8, 4) is 0 Å². The van der Waals surface area contributed by atoms with Crippen LogP contribution in [0.5, 0.6) is 0 Å². The number of carboxylic acids is 2. The number of nitrogens with one attached hydrogen (secondary N) is 1. The minimum atomic E-state index is -1.22. The Kier molecular flexibility index (Phi) is 17.6. The Balaban J connectivity index is 0. The van der Waals surface area contributed by atoms with Gasteiger partial charge in [0, 0.05) is 11.9 Å². The largest absolute Gasteiger partial charge is 1.00 e. The molecule has 0 aliphatic heterocycles. The maximum Gasteiger partial charge on any atom is 1.00 e. The molecule has 3 unspecified atom stereocenters. The molecule has 0 aliphatic rings. The molecule has 1 amide bonds. The summed E-state index contributed by atoms with van der Waals surface area (Å²) in [4.78, 5) is 34.3. The molecule has 0 aromatic heterocycles. The van der Waals surface area contributed by atoms with Crippen molar-refractivity contribution in [3.05, 3.63) is 12.2 Å². The van der Waals surface area contributed by atoms with Gasteiger partial charge in [0.2, 0.25) is 5.91 Å². The van der Waals surface area contributed by atoms with Crippen molar-refractivity contribution in [1.29, 1.82) is 0 Å².